The number of benzene rings is 1. The van der Waals surface area contributed by atoms with Gasteiger partial charge in [-0.2, -0.15) is 5.26 Å². The molecule has 5 heteroatoms. The highest BCUT2D eigenvalue weighted by Crippen LogP contribution is 2.42. The first kappa shape index (κ1) is 12.8. The molecular weight excluding hydrogens is 248 g/mol. The lowest BCUT2D eigenvalue weighted by Gasteiger charge is -2.24. The Morgan fingerprint density at radius 1 is 1.56 bits per heavy atom. The van der Waals surface area contributed by atoms with Crippen LogP contribution in [0.3, 0.4) is 0 Å². The van der Waals surface area contributed by atoms with Crippen molar-refractivity contribution in [1.29, 1.82) is 5.26 Å². The molecule has 0 N–H and O–H groups in total. The summed E-state index contributed by atoms with van der Waals surface area (Å²) < 4.78 is 5.33. The molecule has 2 rings (SSSR count). The highest BCUT2D eigenvalue weighted by atomic mass is 32.2. The first-order valence-electron chi connectivity index (χ1n) is 5.69. The van der Waals surface area contributed by atoms with E-state index in [0.29, 0.717) is 18.7 Å². The fourth-order valence-corrected chi connectivity index (χ4v) is 3.24. The van der Waals surface area contributed by atoms with Gasteiger partial charge >= 0.3 is 0 Å². The monoisotopic (exact) mass is 262 g/mol. The van der Waals surface area contributed by atoms with Gasteiger partial charge in [0.25, 0.3) is 0 Å². The third-order valence-corrected chi connectivity index (χ3v) is 4.08. The van der Waals surface area contributed by atoms with E-state index in [1.165, 1.54) is 0 Å². The van der Waals surface area contributed by atoms with Gasteiger partial charge in [-0.25, -0.2) is 0 Å². The van der Waals surface area contributed by atoms with Crippen molar-refractivity contribution in [3.63, 3.8) is 0 Å². The second kappa shape index (κ2) is 5.78. The predicted octanol–water partition coefficient (Wildman–Crippen LogP) is 2.18. The van der Waals surface area contributed by atoms with E-state index in [2.05, 4.69) is 6.07 Å². The molecule has 1 aliphatic heterocycles. The van der Waals surface area contributed by atoms with E-state index in [4.69, 9.17) is 10.00 Å². The van der Waals surface area contributed by atoms with E-state index in [1.54, 1.807) is 23.8 Å². The van der Waals surface area contributed by atoms with Crippen molar-refractivity contribution in [3.8, 4) is 11.8 Å². The minimum absolute atomic E-state index is 0.0398. The molecule has 0 aliphatic carbocycles. The number of carbonyl (C=O) groups is 1. The third kappa shape index (κ3) is 2.44. The van der Waals surface area contributed by atoms with Crippen LogP contribution in [0.25, 0.3) is 0 Å². The number of hydrogen-bond acceptors (Lipinski definition) is 4. The van der Waals surface area contributed by atoms with Crippen molar-refractivity contribution in [2.45, 2.75) is 11.8 Å². The van der Waals surface area contributed by atoms with Crippen molar-refractivity contribution in [2.24, 2.45) is 0 Å². The van der Waals surface area contributed by atoms with Crippen LogP contribution in [-0.2, 0) is 4.79 Å². The van der Waals surface area contributed by atoms with Gasteiger partial charge in [-0.15, -0.1) is 11.8 Å². The fourth-order valence-electron chi connectivity index (χ4n) is 1.99. The molecule has 94 valence electrons. The molecule has 0 radical (unpaired) electrons. The lowest BCUT2D eigenvalue weighted by molar-refractivity contribution is -0.128. The molecule has 1 amide bonds. The summed E-state index contributed by atoms with van der Waals surface area (Å²) >= 11 is 1.58. The minimum Gasteiger partial charge on any atom is -0.496 e. The van der Waals surface area contributed by atoms with Gasteiger partial charge in [-0.1, -0.05) is 18.2 Å². The van der Waals surface area contributed by atoms with Gasteiger partial charge in [0.05, 0.1) is 25.4 Å². The van der Waals surface area contributed by atoms with Crippen LogP contribution in [0, 0.1) is 11.3 Å². The van der Waals surface area contributed by atoms with Gasteiger partial charge < -0.3 is 9.64 Å². The van der Waals surface area contributed by atoms with Gasteiger partial charge in [0, 0.05) is 12.1 Å². The van der Waals surface area contributed by atoms with E-state index in [1.807, 2.05) is 24.3 Å². The summed E-state index contributed by atoms with van der Waals surface area (Å²) in [4.78, 5) is 13.6. The van der Waals surface area contributed by atoms with Crippen LogP contribution in [0.15, 0.2) is 24.3 Å². The Hall–Kier alpha value is -1.67. The fraction of sp³-hybridized carbons (Fsp3) is 0.385. The number of thioether (sulfide) groups is 1. The molecule has 1 aromatic carbocycles. The predicted molar refractivity (Wildman–Crippen MR) is 70.1 cm³/mol. The first-order chi connectivity index (χ1) is 8.77. The molecule has 1 atom stereocenters. The lowest BCUT2D eigenvalue weighted by atomic mass is 10.1. The molecule has 1 heterocycles. The molecule has 4 nitrogen and oxygen atoms in total. The third-order valence-electron chi connectivity index (χ3n) is 2.84. The number of amides is 1. The number of nitriles is 1. The Morgan fingerprint density at radius 3 is 3.06 bits per heavy atom. The number of ether oxygens (including phenoxy) is 1. The van der Waals surface area contributed by atoms with E-state index >= 15 is 0 Å². The van der Waals surface area contributed by atoms with Crippen molar-refractivity contribution in [2.75, 3.05) is 19.4 Å². The normalized spacial score (nSPS) is 18.8. The lowest BCUT2D eigenvalue weighted by Crippen LogP contribution is -2.29. The zero-order chi connectivity index (χ0) is 13.0. The maximum Gasteiger partial charge on any atom is 0.233 e. The zero-order valence-corrected chi connectivity index (χ0v) is 10.9. The van der Waals surface area contributed by atoms with E-state index < -0.39 is 0 Å². The largest absolute Gasteiger partial charge is 0.496 e. The molecule has 1 fully saturated rings. The molecule has 0 spiro atoms. The highest BCUT2D eigenvalue weighted by Gasteiger charge is 2.33. The number of para-hydroxylation sites is 1. The Morgan fingerprint density at radius 2 is 2.33 bits per heavy atom. The van der Waals surface area contributed by atoms with Crippen LogP contribution in [-0.4, -0.2) is 30.2 Å². The molecule has 18 heavy (non-hydrogen) atoms. The highest BCUT2D eigenvalue weighted by molar-refractivity contribution is 8.00. The Balaban J connectivity index is 2.26. The molecular formula is C13H14N2O2S. The van der Waals surface area contributed by atoms with Crippen molar-refractivity contribution in [3.05, 3.63) is 29.8 Å². The molecule has 1 unspecified atom stereocenters. The maximum absolute atomic E-state index is 11.8. The van der Waals surface area contributed by atoms with Gasteiger partial charge in [-0.05, 0) is 6.07 Å². The number of methoxy groups -OCH3 is 1. The average molecular weight is 262 g/mol. The quantitative estimate of drug-likeness (QED) is 0.834. The second-order valence-electron chi connectivity index (χ2n) is 3.90. The SMILES string of the molecule is COc1ccccc1C1SCC(=O)N1CCC#N. The summed E-state index contributed by atoms with van der Waals surface area (Å²) in [7, 11) is 1.62. The summed E-state index contributed by atoms with van der Waals surface area (Å²) in [6.45, 7) is 0.477. The molecule has 1 aliphatic rings. The van der Waals surface area contributed by atoms with Crippen molar-refractivity contribution < 1.29 is 9.53 Å². The van der Waals surface area contributed by atoms with Crippen LogP contribution in [0.4, 0.5) is 0 Å². The molecule has 1 aromatic rings. The Kier molecular flexibility index (Phi) is 4.11. The van der Waals surface area contributed by atoms with Crippen molar-refractivity contribution in [1.82, 2.24) is 4.90 Å². The summed E-state index contributed by atoms with van der Waals surface area (Å²) in [5.41, 5.74) is 0.994. The summed E-state index contributed by atoms with van der Waals surface area (Å²) in [6.07, 6.45) is 0.359. The zero-order valence-electron chi connectivity index (χ0n) is 10.1. The van der Waals surface area contributed by atoms with E-state index in [0.717, 1.165) is 11.3 Å². The van der Waals surface area contributed by atoms with Gasteiger partial charge in [0.2, 0.25) is 5.91 Å². The number of hydrogen-bond donors (Lipinski definition) is 0. The summed E-state index contributed by atoms with van der Waals surface area (Å²) in [5, 5.41) is 8.61. The van der Waals surface area contributed by atoms with Gasteiger partial charge in [0.15, 0.2) is 0 Å². The maximum atomic E-state index is 11.8. The summed E-state index contributed by atoms with van der Waals surface area (Å²) in [5.74, 6) is 1.34. The van der Waals surface area contributed by atoms with Crippen LogP contribution in [0.1, 0.15) is 17.4 Å². The second-order valence-corrected chi connectivity index (χ2v) is 4.97. The van der Waals surface area contributed by atoms with Gasteiger partial charge in [0.1, 0.15) is 11.1 Å². The molecule has 1 saturated heterocycles. The standard InChI is InChI=1S/C13H14N2O2S/c1-17-11-6-3-2-5-10(11)13-15(8-4-7-14)12(16)9-18-13/h2-3,5-6,13H,4,8-9H2,1H3. The van der Waals surface area contributed by atoms with Gasteiger partial charge in [-0.3, -0.25) is 4.79 Å². The number of nitrogens with zero attached hydrogens (tertiary/aromatic N) is 2. The molecule has 0 saturated carbocycles. The van der Waals surface area contributed by atoms with E-state index in [9.17, 15) is 4.79 Å². The number of rotatable bonds is 4. The number of carbonyl (C=O) groups excluding carboxylic acids is 1. The molecule has 0 aromatic heterocycles. The average Bonchev–Trinajstić information content (AvgIpc) is 2.77. The van der Waals surface area contributed by atoms with Crippen LogP contribution in [0.2, 0.25) is 0 Å². The van der Waals surface area contributed by atoms with Crippen molar-refractivity contribution >= 4 is 17.7 Å². The van der Waals surface area contributed by atoms with E-state index in [-0.39, 0.29) is 11.3 Å². The van der Waals surface area contributed by atoms with Crippen LogP contribution >= 0.6 is 11.8 Å². The summed E-state index contributed by atoms with van der Waals surface area (Å²) in [6, 6.07) is 9.78. The van der Waals surface area contributed by atoms with Crippen LogP contribution in [0.5, 0.6) is 5.75 Å². The minimum atomic E-state index is -0.0398. The first-order valence-corrected chi connectivity index (χ1v) is 6.73. The Bertz CT molecular complexity index is 484. The smallest absolute Gasteiger partial charge is 0.233 e. The Labute approximate surface area is 111 Å². The van der Waals surface area contributed by atoms with Crippen LogP contribution < -0.4 is 4.74 Å². The topological polar surface area (TPSA) is 53.3 Å². The molecule has 0 bridgehead atoms.